The Morgan fingerprint density at radius 1 is 1.50 bits per heavy atom. The summed E-state index contributed by atoms with van der Waals surface area (Å²) >= 11 is 5.36. The van der Waals surface area contributed by atoms with Crippen molar-refractivity contribution in [3.8, 4) is 0 Å². The maximum atomic E-state index is 9.07. The zero-order chi connectivity index (χ0) is 7.40. The fourth-order valence-corrected chi connectivity index (χ4v) is 0.690. The van der Waals surface area contributed by atoms with Crippen LogP contribution in [0, 0.1) is 0 Å². The zero-order valence-electron chi connectivity index (χ0n) is 5.24. The third-order valence-corrected chi connectivity index (χ3v) is 1.32. The molecule has 1 aromatic heterocycles. The third kappa shape index (κ3) is 1.65. The second-order valence-corrected chi connectivity index (χ2v) is 2.09. The minimum absolute atomic E-state index is 0.129. The molecule has 1 aromatic rings. The number of aliphatic hydroxyl groups excluding tert-OH is 1. The van der Waals surface area contributed by atoms with Gasteiger partial charge in [-0.2, -0.15) is 0 Å². The van der Waals surface area contributed by atoms with Gasteiger partial charge in [-0.1, -0.05) is 0 Å². The fraction of sp³-hybridized carbons (Fsp3) is 0.333. The van der Waals surface area contributed by atoms with Crippen LogP contribution in [0.4, 0.5) is 0 Å². The van der Waals surface area contributed by atoms with Gasteiger partial charge < -0.3 is 5.11 Å². The van der Waals surface area contributed by atoms with Crippen LogP contribution in [-0.2, 0) is 0 Å². The van der Waals surface area contributed by atoms with Crippen molar-refractivity contribution in [2.45, 2.75) is 6.10 Å². The molecule has 0 bridgehead atoms. The summed E-state index contributed by atoms with van der Waals surface area (Å²) in [7, 11) is 0. The molecule has 0 aliphatic heterocycles. The molecule has 1 rings (SSSR count). The average Bonchev–Trinajstić information content (AvgIpc) is 2.05. The molecule has 0 saturated heterocycles. The molecule has 0 spiro atoms. The lowest BCUT2D eigenvalue weighted by atomic mass is 10.4. The minimum Gasteiger partial charge on any atom is -0.384 e. The van der Waals surface area contributed by atoms with Crippen LogP contribution in [0.25, 0.3) is 0 Å². The summed E-state index contributed by atoms with van der Waals surface area (Å²) in [5.41, 5.74) is 0. The Morgan fingerprint density at radius 3 is 2.60 bits per heavy atom. The van der Waals surface area contributed by atoms with Crippen LogP contribution in [-0.4, -0.2) is 21.0 Å². The second-order valence-electron chi connectivity index (χ2n) is 1.78. The monoisotopic (exact) mass is 158 g/mol. The summed E-state index contributed by atoms with van der Waals surface area (Å²) < 4.78 is 0. The Balaban J connectivity index is 2.75. The van der Waals surface area contributed by atoms with Crippen molar-refractivity contribution in [3.05, 3.63) is 24.3 Å². The van der Waals surface area contributed by atoms with E-state index in [1.54, 1.807) is 18.5 Å². The van der Waals surface area contributed by atoms with E-state index in [-0.39, 0.29) is 5.88 Å². The predicted molar refractivity (Wildman–Crippen MR) is 37.7 cm³/mol. The quantitative estimate of drug-likeness (QED) is 0.646. The molecule has 1 N–H and O–H groups in total. The Hall–Kier alpha value is -0.670. The topological polar surface area (TPSA) is 46.0 Å². The van der Waals surface area contributed by atoms with E-state index >= 15 is 0 Å². The van der Waals surface area contributed by atoms with E-state index in [9.17, 15) is 0 Å². The van der Waals surface area contributed by atoms with Crippen molar-refractivity contribution in [1.82, 2.24) is 9.97 Å². The summed E-state index contributed by atoms with van der Waals surface area (Å²) in [6, 6.07) is 1.68. The van der Waals surface area contributed by atoms with Crippen molar-refractivity contribution >= 4 is 11.6 Å². The maximum Gasteiger partial charge on any atom is 0.157 e. The Kier molecular flexibility index (Phi) is 2.59. The molecule has 4 heteroatoms. The smallest absolute Gasteiger partial charge is 0.157 e. The van der Waals surface area contributed by atoms with Gasteiger partial charge in [0.1, 0.15) is 6.10 Å². The van der Waals surface area contributed by atoms with Gasteiger partial charge in [0, 0.05) is 12.4 Å². The standard InChI is InChI=1S/C6H7ClN2O/c7-4-5(10)6-8-2-1-3-9-6/h1-3,5,10H,4H2. The molecule has 54 valence electrons. The second kappa shape index (κ2) is 3.49. The lowest BCUT2D eigenvalue weighted by molar-refractivity contribution is 0.192. The summed E-state index contributed by atoms with van der Waals surface area (Å²) in [5.74, 6) is 0.502. The number of aliphatic hydroxyl groups is 1. The molecular weight excluding hydrogens is 152 g/mol. The van der Waals surface area contributed by atoms with Crippen molar-refractivity contribution in [2.75, 3.05) is 5.88 Å². The first kappa shape index (κ1) is 7.44. The highest BCUT2D eigenvalue weighted by molar-refractivity contribution is 6.18. The Bertz CT molecular complexity index is 192. The lowest BCUT2D eigenvalue weighted by Gasteiger charge is -2.01. The first-order chi connectivity index (χ1) is 4.84. The highest BCUT2D eigenvalue weighted by atomic mass is 35.5. The van der Waals surface area contributed by atoms with Gasteiger partial charge in [0.15, 0.2) is 5.82 Å². The van der Waals surface area contributed by atoms with Crippen molar-refractivity contribution in [3.63, 3.8) is 0 Å². The van der Waals surface area contributed by atoms with Gasteiger partial charge >= 0.3 is 0 Å². The number of halogens is 1. The molecule has 0 fully saturated rings. The van der Waals surface area contributed by atoms with Crippen LogP contribution in [0.15, 0.2) is 18.5 Å². The normalized spacial score (nSPS) is 13.0. The van der Waals surface area contributed by atoms with E-state index in [0.717, 1.165) is 0 Å². The van der Waals surface area contributed by atoms with Crippen LogP contribution in [0.1, 0.15) is 11.9 Å². The fourth-order valence-electron chi connectivity index (χ4n) is 0.552. The molecule has 0 radical (unpaired) electrons. The van der Waals surface area contributed by atoms with Crippen LogP contribution in [0.3, 0.4) is 0 Å². The molecule has 0 aromatic carbocycles. The van der Waals surface area contributed by atoms with Gasteiger partial charge in [0.25, 0.3) is 0 Å². The highest BCUT2D eigenvalue weighted by Crippen LogP contribution is 2.06. The van der Waals surface area contributed by atoms with Gasteiger partial charge in [-0.25, -0.2) is 9.97 Å². The van der Waals surface area contributed by atoms with Gasteiger partial charge in [-0.05, 0) is 6.07 Å². The first-order valence-corrected chi connectivity index (χ1v) is 3.39. The number of aromatic nitrogens is 2. The van der Waals surface area contributed by atoms with Crippen LogP contribution < -0.4 is 0 Å². The number of alkyl halides is 1. The van der Waals surface area contributed by atoms with E-state index in [2.05, 4.69) is 9.97 Å². The van der Waals surface area contributed by atoms with Gasteiger partial charge in [0.2, 0.25) is 0 Å². The number of nitrogens with zero attached hydrogens (tertiary/aromatic N) is 2. The molecule has 0 saturated carbocycles. The van der Waals surface area contributed by atoms with Crippen molar-refractivity contribution in [1.29, 1.82) is 0 Å². The van der Waals surface area contributed by atoms with Crippen molar-refractivity contribution < 1.29 is 5.11 Å². The number of hydrogen-bond acceptors (Lipinski definition) is 3. The molecule has 0 aliphatic rings. The molecule has 0 aliphatic carbocycles. The van der Waals surface area contributed by atoms with Crippen molar-refractivity contribution in [2.24, 2.45) is 0 Å². The Labute approximate surface area is 63.7 Å². The largest absolute Gasteiger partial charge is 0.384 e. The van der Waals surface area contributed by atoms with Crippen LogP contribution in [0.2, 0.25) is 0 Å². The summed E-state index contributed by atoms with van der Waals surface area (Å²) in [6.07, 6.45) is 2.39. The van der Waals surface area contributed by atoms with E-state index in [1.807, 2.05) is 0 Å². The molecule has 1 atom stereocenters. The summed E-state index contributed by atoms with van der Waals surface area (Å²) in [6.45, 7) is 0. The summed E-state index contributed by atoms with van der Waals surface area (Å²) in [4.78, 5) is 7.61. The first-order valence-electron chi connectivity index (χ1n) is 2.85. The van der Waals surface area contributed by atoms with Gasteiger partial charge in [-0.15, -0.1) is 11.6 Å². The molecule has 10 heavy (non-hydrogen) atoms. The van der Waals surface area contributed by atoms with Crippen LogP contribution >= 0.6 is 11.6 Å². The number of hydrogen-bond donors (Lipinski definition) is 1. The average molecular weight is 159 g/mol. The third-order valence-electron chi connectivity index (χ3n) is 1.03. The molecular formula is C6H7ClN2O. The lowest BCUT2D eigenvalue weighted by Crippen LogP contribution is -2.03. The zero-order valence-corrected chi connectivity index (χ0v) is 5.99. The minimum atomic E-state index is -0.747. The van der Waals surface area contributed by atoms with Gasteiger partial charge in [-0.3, -0.25) is 0 Å². The Morgan fingerprint density at radius 2 is 2.10 bits per heavy atom. The molecule has 1 unspecified atom stereocenters. The van der Waals surface area contributed by atoms with Gasteiger partial charge in [0.05, 0.1) is 5.88 Å². The number of rotatable bonds is 2. The molecule has 1 heterocycles. The van der Waals surface area contributed by atoms with Crippen LogP contribution in [0.5, 0.6) is 0 Å². The van der Waals surface area contributed by atoms with E-state index < -0.39 is 6.10 Å². The molecule has 3 nitrogen and oxygen atoms in total. The summed E-state index contributed by atoms with van der Waals surface area (Å²) in [5, 5.41) is 9.07. The molecule has 0 amide bonds. The van der Waals surface area contributed by atoms with E-state index in [1.165, 1.54) is 0 Å². The van der Waals surface area contributed by atoms with E-state index in [0.29, 0.717) is 5.82 Å². The predicted octanol–water partition coefficient (Wildman–Crippen LogP) is 0.749. The highest BCUT2D eigenvalue weighted by Gasteiger charge is 2.06. The maximum absolute atomic E-state index is 9.07. The SMILES string of the molecule is OC(CCl)c1ncccn1. The van der Waals surface area contributed by atoms with E-state index in [4.69, 9.17) is 16.7 Å².